The molecule has 1 heterocycles. The van der Waals surface area contributed by atoms with Crippen LogP contribution in [0.15, 0.2) is 30.3 Å². The van der Waals surface area contributed by atoms with Crippen molar-refractivity contribution >= 4 is 33.4 Å². The first kappa shape index (κ1) is 11.3. The summed E-state index contributed by atoms with van der Waals surface area (Å²) in [5, 5.41) is 2.47. The van der Waals surface area contributed by atoms with E-state index < -0.39 is 0 Å². The van der Waals surface area contributed by atoms with Gasteiger partial charge in [0.25, 0.3) is 0 Å². The molecule has 0 aliphatic carbocycles. The van der Waals surface area contributed by atoms with Crippen LogP contribution in [0, 0.1) is 3.57 Å². The van der Waals surface area contributed by atoms with Crippen molar-refractivity contribution in [3.63, 3.8) is 0 Å². The Morgan fingerprint density at radius 3 is 2.71 bits per heavy atom. The number of epoxide rings is 1. The normalized spacial score (nSPS) is 22.8. The van der Waals surface area contributed by atoms with E-state index in [1.165, 1.54) is 16.3 Å². The van der Waals surface area contributed by atoms with Gasteiger partial charge >= 0.3 is 0 Å². The summed E-state index contributed by atoms with van der Waals surface area (Å²) in [5.41, 5.74) is 1.20. The van der Waals surface area contributed by atoms with E-state index in [2.05, 4.69) is 53.8 Å². The number of methoxy groups -OCH3 is 1. The van der Waals surface area contributed by atoms with Gasteiger partial charge in [0.2, 0.25) is 0 Å². The zero-order chi connectivity index (χ0) is 12.0. The first-order chi connectivity index (χ1) is 8.14. The maximum atomic E-state index is 5.48. The lowest BCUT2D eigenvalue weighted by Gasteiger charge is -2.10. The number of hydrogen-bond acceptors (Lipinski definition) is 2. The molecule has 1 fully saturated rings. The Kier molecular flexibility index (Phi) is 2.56. The Morgan fingerprint density at radius 2 is 2.06 bits per heavy atom. The highest BCUT2D eigenvalue weighted by atomic mass is 127. The van der Waals surface area contributed by atoms with Crippen molar-refractivity contribution in [3.8, 4) is 5.75 Å². The topological polar surface area (TPSA) is 21.8 Å². The maximum Gasteiger partial charge on any atom is 0.132 e. The third-order valence-electron chi connectivity index (χ3n) is 3.33. The number of fused-ring (bicyclic) bond motifs is 1. The molecule has 0 aromatic heterocycles. The summed E-state index contributed by atoms with van der Waals surface area (Å²) in [6, 6.07) is 10.6. The molecule has 88 valence electrons. The van der Waals surface area contributed by atoms with E-state index in [1.807, 2.05) is 6.07 Å². The van der Waals surface area contributed by atoms with Crippen molar-refractivity contribution < 1.29 is 9.47 Å². The molecule has 0 amide bonds. The first-order valence-corrected chi connectivity index (χ1v) is 6.63. The minimum absolute atomic E-state index is 0.0560. The molecule has 1 saturated heterocycles. The molecule has 2 aromatic rings. The molecule has 0 N–H and O–H groups in total. The average Bonchev–Trinajstić information content (AvgIpc) is 3.09. The molecule has 0 spiro atoms. The molecule has 1 atom stereocenters. The smallest absolute Gasteiger partial charge is 0.132 e. The standard InChI is InChI=1S/C14H13IO2/c1-14(8-17-14)10-4-5-11-9(7-10)3-6-12(16-2)13(11)15/h3-7H,8H2,1-2H3. The van der Waals surface area contributed by atoms with E-state index in [1.54, 1.807) is 7.11 Å². The number of benzene rings is 2. The van der Waals surface area contributed by atoms with Gasteiger partial charge in [-0.05, 0) is 58.0 Å². The highest BCUT2D eigenvalue weighted by molar-refractivity contribution is 14.1. The second-order valence-electron chi connectivity index (χ2n) is 4.54. The van der Waals surface area contributed by atoms with Crippen LogP contribution in [0.1, 0.15) is 12.5 Å². The fraction of sp³-hybridized carbons (Fsp3) is 0.286. The van der Waals surface area contributed by atoms with Gasteiger partial charge in [0.1, 0.15) is 11.4 Å². The molecular weight excluding hydrogens is 327 g/mol. The van der Waals surface area contributed by atoms with Gasteiger partial charge in [-0.2, -0.15) is 0 Å². The van der Waals surface area contributed by atoms with Crippen LogP contribution in [0.3, 0.4) is 0 Å². The highest BCUT2D eigenvalue weighted by Crippen LogP contribution is 2.40. The van der Waals surface area contributed by atoms with Crippen LogP contribution >= 0.6 is 22.6 Å². The first-order valence-electron chi connectivity index (χ1n) is 5.55. The SMILES string of the molecule is COc1ccc2cc(C3(C)CO3)ccc2c1I. The summed E-state index contributed by atoms with van der Waals surface area (Å²) >= 11 is 2.33. The molecule has 0 saturated carbocycles. The lowest BCUT2D eigenvalue weighted by atomic mass is 9.98. The lowest BCUT2D eigenvalue weighted by molar-refractivity contribution is 0.330. The summed E-state index contributed by atoms with van der Waals surface area (Å²) in [4.78, 5) is 0. The second kappa shape index (κ2) is 3.85. The summed E-state index contributed by atoms with van der Waals surface area (Å²) in [7, 11) is 1.71. The zero-order valence-electron chi connectivity index (χ0n) is 9.79. The van der Waals surface area contributed by atoms with Gasteiger partial charge < -0.3 is 9.47 Å². The van der Waals surface area contributed by atoms with Gasteiger partial charge in [0.15, 0.2) is 0 Å². The predicted octanol–water partition coefficient (Wildman–Crippen LogP) is 3.70. The summed E-state index contributed by atoms with van der Waals surface area (Å²) in [6.07, 6.45) is 0. The quantitative estimate of drug-likeness (QED) is 0.614. The third-order valence-corrected chi connectivity index (χ3v) is 4.44. The van der Waals surface area contributed by atoms with Crippen LogP contribution < -0.4 is 4.74 Å². The second-order valence-corrected chi connectivity index (χ2v) is 5.62. The van der Waals surface area contributed by atoms with Crippen LogP contribution in [0.4, 0.5) is 0 Å². The van der Waals surface area contributed by atoms with Crippen molar-refractivity contribution in [2.24, 2.45) is 0 Å². The Balaban J connectivity index is 2.18. The van der Waals surface area contributed by atoms with Gasteiger partial charge in [0, 0.05) is 0 Å². The van der Waals surface area contributed by atoms with Crippen LogP contribution in [0.25, 0.3) is 10.8 Å². The zero-order valence-corrected chi connectivity index (χ0v) is 11.9. The molecule has 1 aliphatic rings. The molecule has 2 nitrogen and oxygen atoms in total. The van der Waals surface area contributed by atoms with E-state index >= 15 is 0 Å². The van der Waals surface area contributed by atoms with Gasteiger partial charge in [0.05, 0.1) is 17.3 Å². The Hall–Kier alpha value is -0.810. The predicted molar refractivity (Wildman–Crippen MR) is 76.5 cm³/mol. The monoisotopic (exact) mass is 340 g/mol. The van der Waals surface area contributed by atoms with Crippen molar-refractivity contribution in [2.75, 3.05) is 13.7 Å². The van der Waals surface area contributed by atoms with Crippen LogP contribution in [-0.4, -0.2) is 13.7 Å². The van der Waals surface area contributed by atoms with Crippen molar-refractivity contribution in [3.05, 3.63) is 39.5 Å². The fourth-order valence-electron chi connectivity index (χ4n) is 2.03. The number of rotatable bonds is 2. The molecule has 2 aromatic carbocycles. The Morgan fingerprint density at radius 1 is 1.29 bits per heavy atom. The molecule has 0 radical (unpaired) electrons. The third kappa shape index (κ3) is 1.81. The number of hydrogen-bond donors (Lipinski definition) is 0. The molecular formula is C14H13IO2. The van der Waals surface area contributed by atoms with E-state index in [9.17, 15) is 0 Å². The molecule has 1 aliphatic heterocycles. The van der Waals surface area contributed by atoms with Gasteiger partial charge in [-0.25, -0.2) is 0 Å². The summed E-state index contributed by atoms with van der Waals surface area (Å²) < 4.78 is 12.0. The van der Waals surface area contributed by atoms with Crippen LogP contribution in [0.5, 0.6) is 5.75 Å². The number of halogens is 1. The van der Waals surface area contributed by atoms with E-state index in [-0.39, 0.29) is 5.60 Å². The van der Waals surface area contributed by atoms with Crippen LogP contribution in [0.2, 0.25) is 0 Å². The minimum atomic E-state index is -0.0560. The van der Waals surface area contributed by atoms with Crippen molar-refractivity contribution in [1.82, 2.24) is 0 Å². The average molecular weight is 340 g/mol. The van der Waals surface area contributed by atoms with Gasteiger partial charge in [-0.15, -0.1) is 0 Å². The van der Waals surface area contributed by atoms with E-state index in [4.69, 9.17) is 9.47 Å². The lowest BCUT2D eigenvalue weighted by Crippen LogP contribution is -2.01. The summed E-state index contributed by atoms with van der Waals surface area (Å²) in [6.45, 7) is 2.95. The Bertz CT molecular complexity index is 588. The van der Waals surface area contributed by atoms with Gasteiger partial charge in [-0.3, -0.25) is 0 Å². The van der Waals surface area contributed by atoms with E-state index in [0.717, 1.165) is 15.9 Å². The van der Waals surface area contributed by atoms with Gasteiger partial charge in [-0.1, -0.05) is 18.2 Å². The molecule has 0 bridgehead atoms. The minimum Gasteiger partial charge on any atom is -0.496 e. The molecule has 3 rings (SSSR count). The highest BCUT2D eigenvalue weighted by Gasteiger charge is 2.41. The molecule has 1 unspecified atom stereocenters. The largest absolute Gasteiger partial charge is 0.496 e. The van der Waals surface area contributed by atoms with Crippen molar-refractivity contribution in [2.45, 2.75) is 12.5 Å². The number of ether oxygens (including phenoxy) is 2. The van der Waals surface area contributed by atoms with Crippen molar-refractivity contribution in [1.29, 1.82) is 0 Å². The molecule has 3 heteroatoms. The fourth-order valence-corrected chi connectivity index (χ4v) is 2.92. The van der Waals surface area contributed by atoms with Crippen LogP contribution in [-0.2, 0) is 10.3 Å². The molecule has 17 heavy (non-hydrogen) atoms. The van der Waals surface area contributed by atoms with E-state index in [0.29, 0.717) is 0 Å². The maximum absolute atomic E-state index is 5.48. The summed E-state index contributed by atoms with van der Waals surface area (Å²) in [5.74, 6) is 0.930. The Labute approximate surface area is 114 Å².